The molecule has 0 N–H and O–H groups in total. The van der Waals surface area contributed by atoms with E-state index in [1.807, 2.05) is 72.8 Å². The topological polar surface area (TPSA) is 139 Å². The van der Waals surface area contributed by atoms with Crippen LogP contribution in [-0.4, -0.2) is 67.2 Å². The first-order chi connectivity index (χ1) is 53.1. The van der Waals surface area contributed by atoms with Crippen LogP contribution in [0.5, 0.6) is 0 Å². The molecule has 9 heterocycles. The molecule has 9 aromatic heterocycles. The van der Waals surface area contributed by atoms with E-state index in [0.717, 1.165) is 183 Å². The van der Waals surface area contributed by atoms with Crippen LogP contribution in [0.2, 0.25) is 0 Å². The van der Waals surface area contributed by atoms with E-state index in [-0.39, 0.29) is 0 Å². The van der Waals surface area contributed by atoms with Crippen molar-refractivity contribution in [3.63, 3.8) is 0 Å². The molecule has 0 aliphatic rings. The number of fused-ring (bicyclic) bond motifs is 21. The normalized spacial score (nSPS) is 12.1. The third-order valence-corrected chi connectivity index (χ3v) is 21.3. The number of hydrogen-bond acceptors (Lipinski definition) is 9. The lowest BCUT2D eigenvalue weighted by Crippen LogP contribution is -2.05. The van der Waals surface area contributed by atoms with Gasteiger partial charge in [-0.1, -0.05) is 231 Å². The summed E-state index contributed by atoms with van der Waals surface area (Å²) >= 11 is 0. The van der Waals surface area contributed by atoms with Crippen LogP contribution in [0.25, 0.3) is 217 Å². The molecule has 0 unspecified atom stereocenters. The average molecular weight is 1370 g/mol. The monoisotopic (exact) mass is 1370 g/mol. The van der Waals surface area contributed by atoms with E-state index in [1.54, 1.807) is 0 Å². The van der Waals surface area contributed by atoms with Crippen molar-refractivity contribution in [1.29, 1.82) is 0 Å². The molecular formula is C93H54N14. The summed E-state index contributed by atoms with van der Waals surface area (Å²) in [5.41, 5.74) is 27.6. The molecular weight excluding hydrogens is 1310 g/mol. The molecule has 14 heteroatoms. The van der Waals surface area contributed by atoms with Gasteiger partial charge in [-0.15, -0.1) is 0 Å². The lowest BCUT2D eigenvalue weighted by molar-refractivity contribution is 1.06. The number of hydrogen-bond donors (Lipinski definition) is 0. The first-order valence-corrected chi connectivity index (χ1v) is 35.8. The highest BCUT2D eigenvalue weighted by Crippen LogP contribution is 2.45. The molecule has 0 radical (unpaired) electrons. The van der Waals surface area contributed by atoms with Gasteiger partial charge in [-0.25, -0.2) is 44.9 Å². The van der Waals surface area contributed by atoms with Gasteiger partial charge in [0.05, 0.1) is 88.3 Å². The SMILES string of the molecule is c1ccc(-c2nc(-c3ccccc3)nc(-c3nc4c(-c5ccccc5)c(-c5ccc6c(c5)c5ccccc5n6-c5nc6cc(-c7ccc8c(c7)c7ccccc7n8-c7nc8c(-c9ccccc9)cccc8n8c7nc7ccccc78)ccc6n6c5nc5ccccc56)ccc4n4c3nc3ccccc34)n2)cc1. The molecule has 0 amide bonds. The second-order valence-corrected chi connectivity index (χ2v) is 27.3. The largest absolute Gasteiger partial charge is 0.291 e. The highest BCUT2D eigenvalue weighted by molar-refractivity contribution is 6.14. The third kappa shape index (κ3) is 8.84. The van der Waals surface area contributed by atoms with E-state index >= 15 is 0 Å². The summed E-state index contributed by atoms with van der Waals surface area (Å²) in [6.45, 7) is 0. The zero-order valence-corrected chi connectivity index (χ0v) is 56.9. The van der Waals surface area contributed by atoms with Gasteiger partial charge in [0.25, 0.3) is 0 Å². The molecule has 107 heavy (non-hydrogen) atoms. The molecule has 23 rings (SSSR count). The van der Waals surface area contributed by atoms with Crippen molar-refractivity contribution in [3.05, 3.63) is 328 Å². The van der Waals surface area contributed by atoms with Crippen LogP contribution in [0.1, 0.15) is 0 Å². The van der Waals surface area contributed by atoms with Crippen molar-refractivity contribution < 1.29 is 0 Å². The van der Waals surface area contributed by atoms with E-state index in [4.69, 9.17) is 44.9 Å². The molecule has 14 nitrogen and oxygen atoms in total. The smallest absolute Gasteiger partial charge is 0.186 e. The van der Waals surface area contributed by atoms with Crippen molar-refractivity contribution in [1.82, 2.24) is 67.2 Å². The maximum Gasteiger partial charge on any atom is 0.186 e. The third-order valence-electron chi connectivity index (χ3n) is 21.3. The Morgan fingerprint density at radius 1 is 0.196 bits per heavy atom. The van der Waals surface area contributed by atoms with Crippen LogP contribution in [0.15, 0.2) is 328 Å². The predicted molar refractivity (Wildman–Crippen MR) is 431 cm³/mol. The van der Waals surface area contributed by atoms with Gasteiger partial charge >= 0.3 is 0 Å². The number of nitrogens with zero attached hydrogens (tertiary/aromatic N) is 14. The minimum Gasteiger partial charge on any atom is -0.291 e. The number of rotatable bonds is 9. The molecule has 23 aromatic rings. The van der Waals surface area contributed by atoms with Crippen molar-refractivity contribution in [2.24, 2.45) is 0 Å². The Morgan fingerprint density at radius 2 is 0.598 bits per heavy atom. The van der Waals surface area contributed by atoms with Crippen LogP contribution in [0.3, 0.4) is 0 Å². The molecule has 0 spiro atoms. The molecule has 0 aliphatic heterocycles. The van der Waals surface area contributed by atoms with Crippen LogP contribution in [0.4, 0.5) is 0 Å². The lowest BCUT2D eigenvalue weighted by Gasteiger charge is -2.17. The summed E-state index contributed by atoms with van der Waals surface area (Å²) in [6, 6.07) is 115. The van der Waals surface area contributed by atoms with Gasteiger partial charge in [-0.3, -0.25) is 22.3 Å². The summed E-state index contributed by atoms with van der Waals surface area (Å²) in [4.78, 5) is 49.0. The maximum atomic E-state index is 5.80. The number of para-hydroxylation sites is 9. The van der Waals surface area contributed by atoms with Crippen molar-refractivity contribution in [3.8, 4) is 90.4 Å². The molecule has 496 valence electrons. The number of benzene rings is 14. The molecule has 0 saturated carbocycles. The number of aromatic nitrogens is 14. The Morgan fingerprint density at radius 3 is 1.19 bits per heavy atom. The zero-order valence-electron chi connectivity index (χ0n) is 56.9. The standard InChI is InChI=1S/C93H54N14/c1-5-24-55(25-6-1)63-34-23-43-80-83(63)99-93(92-96-70-37-17-22-42-78(70)107(80)92)104-73-39-19-13-32-64(73)66-52-59(44-48-74(66)104)60-45-50-79-71(54-60)97-91(90-95-69-36-16-20-40-76(69)105(79)90)103-72-38-18-14-33-65(72)67-53-61(46-49-75(67)103)62-47-51-81-84(82(62)56-26-7-2-8-27-56)98-85(89-94-68-35-15-21-41-77(68)106(81)89)88-101-86(57-28-9-3-10-29-57)100-87(102-88)58-30-11-4-12-31-58/h1-54H. The van der Waals surface area contributed by atoms with Crippen LogP contribution < -0.4 is 0 Å². The predicted octanol–water partition coefficient (Wildman–Crippen LogP) is 21.8. The summed E-state index contributed by atoms with van der Waals surface area (Å²) in [6.07, 6.45) is 0. The molecule has 0 fully saturated rings. The van der Waals surface area contributed by atoms with Crippen molar-refractivity contribution >= 4 is 127 Å². The van der Waals surface area contributed by atoms with Gasteiger partial charge in [0.1, 0.15) is 0 Å². The van der Waals surface area contributed by atoms with Gasteiger partial charge in [0, 0.05) is 43.8 Å². The fourth-order valence-electron chi connectivity index (χ4n) is 16.5. The summed E-state index contributed by atoms with van der Waals surface area (Å²) in [5.74, 6) is 2.96. The molecule has 0 saturated heterocycles. The van der Waals surface area contributed by atoms with Gasteiger partial charge in [0.15, 0.2) is 51.7 Å². The van der Waals surface area contributed by atoms with Crippen LogP contribution in [-0.2, 0) is 0 Å². The second-order valence-electron chi connectivity index (χ2n) is 27.3. The Labute approximate surface area is 608 Å². The minimum atomic E-state index is 0.415. The van der Waals surface area contributed by atoms with Gasteiger partial charge in [-0.05, 0) is 130 Å². The Bertz CT molecular complexity index is 7630. The summed E-state index contributed by atoms with van der Waals surface area (Å²) < 4.78 is 11.4. The zero-order chi connectivity index (χ0) is 70.0. The van der Waals surface area contributed by atoms with Crippen molar-refractivity contribution in [2.75, 3.05) is 0 Å². The van der Waals surface area contributed by atoms with E-state index < -0.39 is 0 Å². The average Bonchev–Trinajstić information content (AvgIpc) is 1.64. The highest BCUT2D eigenvalue weighted by atomic mass is 15.2. The molecule has 0 atom stereocenters. The van der Waals surface area contributed by atoms with E-state index in [2.05, 4.69) is 277 Å². The molecule has 0 aliphatic carbocycles. The first kappa shape index (κ1) is 58.7. The van der Waals surface area contributed by atoms with Gasteiger partial charge < -0.3 is 0 Å². The Kier molecular flexibility index (Phi) is 12.5. The quantitative estimate of drug-likeness (QED) is 0.138. The molecule has 14 aromatic carbocycles. The van der Waals surface area contributed by atoms with Crippen LogP contribution in [0, 0.1) is 0 Å². The lowest BCUT2D eigenvalue weighted by atomic mass is 9.92. The maximum absolute atomic E-state index is 5.80. The second kappa shape index (κ2) is 22.8. The fourth-order valence-corrected chi connectivity index (χ4v) is 16.5. The van der Waals surface area contributed by atoms with Crippen LogP contribution >= 0.6 is 0 Å². The fraction of sp³-hybridized carbons (Fsp3) is 0. The Hall–Kier alpha value is -14.9. The number of imidazole rings is 3. The highest BCUT2D eigenvalue weighted by Gasteiger charge is 2.28. The molecule has 0 bridgehead atoms. The van der Waals surface area contributed by atoms with E-state index in [9.17, 15) is 0 Å². The first-order valence-electron chi connectivity index (χ1n) is 35.8. The minimum absolute atomic E-state index is 0.415. The van der Waals surface area contributed by atoms with Gasteiger partial charge in [0.2, 0.25) is 0 Å². The Balaban J connectivity index is 0.710. The van der Waals surface area contributed by atoms with Crippen molar-refractivity contribution in [2.45, 2.75) is 0 Å². The summed E-state index contributed by atoms with van der Waals surface area (Å²) in [5, 5.41) is 4.34. The summed E-state index contributed by atoms with van der Waals surface area (Å²) in [7, 11) is 0. The van der Waals surface area contributed by atoms with Gasteiger partial charge in [-0.2, -0.15) is 0 Å². The van der Waals surface area contributed by atoms with E-state index in [0.29, 0.717) is 34.6 Å². The van der Waals surface area contributed by atoms with E-state index in [1.165, 1.54) is 0 Å².